The van der Waals surface area contributed by atoms with Gasteiger partial charge in [0.1, 0.15) is 0 Å². The van der Waals surface area contributed by atoms with Crippen LogP contribution in [0.25, 0.3) is 0 Å². The number of carbonyl (C=O) groups is 2. The number of esters is 1. The van der Waals surface area contributed by atoms with Crippen LogP contribution in [0.1, 0.15) is 19.8 Å². The predicted octanol–water partition coefficient (Wildman–Crippen LogP) is 0.337. The fourth-order valence-corrected chi connectivity index (χ4v) is 1.24. The second-order valence-corrected chi connectivity index (χ2v) is 3.48. The number of aliphatic hydroxyl groups excluding tert-OH is 1. The average Bonchev–Trinajstić information content (AvgIpc) is 2.65. The van der Waals surface area contributed by atoms with E-state index in [1.54, 1.807) is 11.8 Å². The van der Waals surface area contributed by atoms with Gasteiger partial charge in [0, 0.05) is 25.1 Å². The van der Waals surface area contributed by atoms with Gasteiger partial charge >= 0.3 is 5.97 Å². The highest BCUT2D eigenvalue weighted by Crippen LogP contribution is 2.07. The first-order valence-electron chi connectivity index (χ1n) is 5.15. The number of aliphatic hydroxyl groups is 1. The van der Waals surface area contributed by atoms with Gasteiger partial charge in [-0.3, -0.25) is 4.79 Å². The average molecular weight is 229 g/mol. The molecule has 5 heteroatoms. The SMILES string of the molecule is C=C(C)C(=O)OC.O=C1CCCN1CCO. The maximum Gasteiger partial charge on any atom is 0.332 e. The van der Waals surface area contributed by atoms with Gasteiger partial charge in [-0.1, -0.05) is 6.58 Å². The Labute approximate surface area is 95.7 Å². The summed E-state index contributed by atoms with van der Waals surface area (Å²) in [7, 11) is 1.33. The lowest BCUT2D eigenvalue weighted by Crippen LogP contribution is -2.27. The minimum absolute atomic E-state index is 0.0890. The molecule has 0 aromatic heterocycles. The Morgan fingerprint density at radius 1 is 1.62 bits per heavy atom. The van der Waals surface area contributed by atoms with Crippen molar-refractivity contribution in [2.45, 2.75) is 19.8 Å². The molecule has 1 aliphatic rings. The van der Waals surface area contributed by atoms with Gasteiger partial charge < -0.3 is 14.7 Å². The summed E-state index contributed by atoms with van der Waals surface area (Å²) >= 11 is 0. The van der Waals surface area contributed by atoms with Crippen LogP contribution < -0.4 is 0 Å². The predicted molar refractivity (Wildman–Crippen MR) is 59.7 cm³/mol. The third-order valence-corrected chi connectivity index (χ3v) is 2.08. The van der Waals surface area contributed by atoms with Gasteiger partial charge in [0.25, 0.3) is 0 Å². The minimum atomic E-state index is -0.347. The van der Waals surface area contributed by atoms with E-state index < -0.39 is 0 Å². The number of rotatable bonds is 3. The molecule has 0 aromatic rings. The van der Waals surface area contributed by atoms with Gasteiger partial charge in [0.05, 0.1) is 13.7 Å². The molecular weight excluding hydrogens is 210 g/mol. The largest absolute Gasteiger partial charge is 0.466 e. The van der Waals surface area contributed by atoms with Crippen molar-refractivity contribution >= 4 is 11.9 Å². The molecule has 1 aliphatic heterocycles. The third-order valence-electron chi connectivity index (χ3n) is 2.08. The van der Waals surface area contributed by atoms with E-state index in [-0.39, 0.29) is 18.5 Å². The van der Waals surface area contributed by atoms with E-state index in [1.165, 1.54) is 7.11 Å². The van der Waals surface area contributed by atoms with Crippen molar-refractivity contribution in [3.63, 3.8) is 0 Å². The van der Waals surface area contributed by atoms with E-state index in [4.69, 9.17) is 5.11 Å². The fourth-order valence-electron chi connectivity index (χ4n) is 1.24. The van der Waals surface area contributed by atoms with Crippen molar-refractivity contribution in [2.75, 3.05) is 26.8 Å². The number of β-amino-alcohol motifs (C(OH)–C–C–N with tert-alkyl or cyclic N) is 1. The molecule has 0 unspecified atom stereocenters. The molecule has 5 nitrogen and oxygen atoms in total. The number of likely N-dealkylation sites (tertiary alicyclic amines) is 1. The first-order valence-corrected chi connectivity index (χ1v) is 5.15. The lowest BCUT2D eigenvalue weighted by Gasteiger charge is -2.11. The summed E-state index contributed by atoms with van der Waals surface area (Å²) in [5, 5.41) is 8.45. The van der Waals surface area contributed by atoms with Crippen LogP contribution >= 0.6 is 0 Å². The quantitative estimate of drug-likeness (QED) is 0.559. The van der Waals surface area contributed by atoms with E-state index in [9.17, 15) is 9.59 Å². The molecule has 0 radical (unpaired) electrons. The minimum Gasteiger partial charge on any atom is -0.466 e. The van der Waals surface area contributed by atoms with Gasteiger partial charge in [0.15, 0.2) is 0 Å². The van der Waals surface area contributed by atoms with Crippen LogP contribution in [0.4, 0.5) is 0 Å². The smallest absolute Gasteiger partial charge is 0.332 e. The van der Waals surface area contributed by atoms with Crippen LogP contribution in [0.5, 0.6) is 0 Å². The van der Waals surface area contributed by atoms with Crippen LogP contribution in [0.2, 0.25) is 0 Å². The summed E-state index contributed by atoms with van der Waals surface area (Å²) in [6, 6.07) is 0. The maximum atomic E-state index is 10.8. The Hall–Kier alpha value is -1.36. The third kappa shape index (κ3) is 5.50. The van der Waals surface area contributed by atoms with Crippen LogP contribution in [0.3, 0.4) is 0 Å². The number of carbonyl (C=O) groups excluding carboxylic acids is 2. The molecule has 0 aromatic carbocycles. The van der Waals surface area contributed by atoms with Crippen LogP contribution in [-0.4, -0.2) is 48.7 Å². The van der Waals surface area contributed by atoms with Crippen molar-refractivity contribution in [3.05, 3.63) is 12.2 Å². The van der Waals surface area contributed by atoms with Crippen LogP contribution in [0, 0.1) is 0 Å². The second kappa shape index (κ2) is 7.87. The molecule has 92 valence electrons. The summed E-state index contributed by atoms with van der Waals surface area (Å²) in [4.78, 5) is 22.7. The molecule has 1 amide bonds. The zero-order valence-electron chi connectivity index (χ0n) is 9.86. The zero-order valence-corrected chi connectivity index (χ0v) is 9.86. The van der Waals surface area contributed by atoms with Crippen LogP contribution in [-0.2, 0) is 14.3 Å². The number of hydrogen-bond acceptors (Lipinski definition) is 4. The van der Waals surface area contributed by atoms with Crippen molar-refractivity contribution in [1.82, 2.24) is 4.90 Å². The summed E-state index contributed by atoms with van der Waals surface area (Å²) in [6.07, 6.45) is 1.62. The van der Waals surface area contributed by atoms with E-state index >= 15 is 0 Å². The molecule has 16 heavy (non-hydrogen) atoms. The fraction of sp³-hybridized carbons (Fsp3) is 0.636. The number of hydrogen-bond donors (Lipinski definition) is 1. The summed E-state index contributed by atoms with van der Waals surface area (Å²) in [5.41, 5.74) is 0.433. The Bertz CT molecular complexity index is 263. The molecule has 0 bridgehead atoms. The second-order valence-electron chi connectivity index (χ2n) is 3.48. The Balaban J connectivity index is 0.000000293. The normalized spacial score (nSPS) is 14.2. The number of amides is 1. The molecule has 1 rings (SSSR count). The molecule has 1 fully saturated rings. The van der Waals surface area contributed by atoms with Crippen LogP contribution in [0.15, 0.2) is 12.2 Å². The summed E-state index contributed by atoms with van der Waals surface area (Å²) in [5.74, 6) is -0.163. The first-order chi connectivity index (χ1) is 7.52. The lowest BCUT2D eigenvalue weighted by atomic mass is 10.4. The molecular formula is C11H19NO4. The highest BCUT2D eigenvalue weighted by Gasteiger charge is 2.18. The molecule has 0 atom stereocenters. The van der Waals surface area contributed by atoms with Gasteiger partial charge in [-0.05, 0) is 13.3 Å². The lowest BCUT2D eigenvalue weighted by molar-refractivity contribution is -0.136. The molecule has 1 N–H and O–H groups in total. The molecule has 1 saturated heterocycles. The highest BCUT2D eigenvalue weighted by molar-refractivity contribution is 5.86. The van der Waals surface area contributed by atoms with Gasteiger partial charge in [-0.2, -0.15) is 0 Å². The molecule has 0 spiro atoms. The van der Waals surface area contributed by atoms with E-state index in [0.29, 0.717) is 18.5 Å². The monoisotopic (exact) mass is 229 g/mol. The Morgan fingerprint density at radius 3 is 2.50 bits per heavy atom. The Morgan fingerprint density at radius 2 is 2.25 bits per heavy atom. The number of methoxy groups -OCH3 is 1. The molecule has 0 saturated carbocycles. The number of nitrogens with zero attached hydrogens (tertiary/aromatic N) is 1. The van der Waals surface area contributed by atoms with E-state index in [0.717, 1.165) is 13.0 Å². The topological polar surface area (TPSA) is 66.8 Å². The summed E-state index contributed by atoms with van der Waals surface area (Å²) < 4.78 is 4.27. The van der Waals surface area contributed by atoms with Crippen molar-refractivity contribution in [1.29, 1.82) is 0 Å². The zero-order chi connectivity index (χ0) is 12.6. The van der Waals surface area contributed by atoms with Crippen molar-refractivity contribution in [3.8, 4) is 0 Å². The molecule has 0 aliphatic carbocycles. The van der Waals surface area contributed by atoms with E-state index in [2.05, 4.69) is 11.3 Å². The first kappa shape index (κ1) is 14.6. The molecule has 1 heterocycles. The standard InChI is InChI=1S/C6H11NO2.C5H8O2/c8-5-4-7-3-1-2-6(7)9;1-4(2)5(6)7-3/h8H,1-5H2;1H2,2-3H3. The summed E-state index contributed by atoms with van der Waals surface area (Å²) in [6.45, 7) is 6.39. The van der Waals surface area contributed by atoms with Crippen molar-refractivity contribution < 1.29 is 19.4 Å². The van der Waals surface area contributed by atoms with Crippen molar-refractivity contribution in [2.24, 2.45) is 0 Å². The maximum absolute atomic E-state index is 10.8. The van der Waals surface area contributed by atoms with E-state index in [1.807, 2.05) is 0 Å². The van der Waals surface area contributed by atoms with Gasteiger partial charge in [-0.15, -0.1) is 0 Å². The highest BCUT2D eigenvalue weighted by atomic mass is 16.5. The number of ether oxygens (including phenoxy) is 1. The van der Waals surface area contributed by atoms with Gasteiger partial charge in [-0.25, -0.2) is 4.79 Å². The van der Waals surface area contributed by atoms with Gasteiger partial charge in [0.2, 0.25) is 5.91 Å². The Kier molecular flexibility index (Phi) is 7.20.